The number of aromatic nitrogens is 2. The molecule has 0 spiro atoms. The molecule has 0 radical (unpaired) electrons. The first kappa shape index (κ1) is 36.1. The quantitative estimate of drug-likeness (QED) is 0.177. The van der Waals surface area contributed by atoms with Gasteiger partial charge in [0.2, 0.25) is 0 Å². The minimum Gasteiger partial charge on any atom is -0.368 e. The Balaban J connectivity index is 1.45. The van der Waals surface area contributed by atoms with Gasteiger partial charge in [-0.2, -0.15) is 13.2 Å². The number of carbonyl (C=O) groups is 1. The fourth-order valence-electron chi connectivity index (χ4n) is 6.20. The van der Waals surface area contributed by atoms with Gasteiger partial charge in [0, 0.05) is 86.5 Å². The van der Waals surface area contributed by atoms with Crippen LogP contribution in [0.1, 0.15) is 21.5 Å². The highest BCUT2D eigenvalue weighted by molar-refractivity contribution is 7.90. The van der Waals surface area contributed by atoms with Gasteiger partial charge in [-0.05, 0) is 81.7 Å². The molecule has 1 aliphatic heterocycles. The third kappa shape index (κ3) is 7.51. The van der Waals surface area contributed by atoms with Gasteiger partial charge in [-0.25, -0.2) is 17.4 Å². The molecule has 1 fully saturated rings. The molecular weight excluding hydrogens is 678 g/mol. The summed E-state index contributed by atoms with van der Waals surface area (Å²) in [6.07, 6.45) is -1.71. The third-order valence-corrected chi connectivity index (χ3v) is 11.0. The third-order valence-electron chi connectivity index (χ3n) is 9.34. The molecule has 3 heterocycles. The van der Waals surface area contributed by atoms with E-state index in [4.69, 9.17) is 0 Å². The number of amides is 1. The molecule has 0 bridgehead atoms. The monoisotopic (exact) mass is 718 g/mol. The molecule has 0 saturated carbocycles. The van der Waals surface area contributed by atoms with Crippen LogP contribution in [0.25, 0.3) is 33.3 Å². The van der Waals surface area contributed by atoms with E-state index in [1.165, 1.54) is 30.6 Å². The molecule has 2 aromatic heterocycles. The van der Waals surface area contributed by atoms with Crippen LogP contribution in [0.15, 0.2) is 90.1 Å². The van der Waals surface area contributed by atoms with Gasteiger partial charge >= 0.3 is 6.18 Å². The van der Waals surface area contributed by atoms with E-state index < -0.39 is 21.8 Å². The molecule has 268 valence electrons. The van der Waals surface area contributed by atoms with Crippen LogP contribution in [-0.4, -0.2) is 105 Å². The van der Waals surface area contributed by atoms with Crippen LogP contribution < -0.4 is 4.90 Å². The summed E-state index contributed by atoms with van der Waals surface area (Å²) in [5.74, 6) is -0.155. The Kier molecular flexibility index (Phi) is 9.99. The van der Waals surface area contributed by atoms with Crippen molar-refractivity contribution < 1.29 is 26.4 Å². The van der Waals surface area contributed by atoms with Crippen molar-refractivity contribution in [1.29, 1.82) is 0 Å². The molecule has 1 saturated heterocycles. The molecular formula is C38H41F3N6O3S. The Bertz CT molecular complexity index is 2160. The van der Waals surface area contributed by atoms with Crippen LogP contribution in [0.5, 0.6) is 0 Å². The van der Waals surface area contributed by atoms with Gasteiger partial charge in [0.05, 0.1) is 10.5 Å². The van der Waals surface area contributed by atoms with E-state index in [9.17, 15) is 26.4 Å². The zero-order chi connectivity index (χ0) is 36.7. The largest absolute Gasteiger partial charge is 0.418 e. The first-order valence-electron chi connectivity index (χ1n) is 16.6. The fraction of sp³-hybridized carbons (Fsp3) is 0.316. The second-order valence-corrected chi connectivity index (χ2v) is 15.2. The van der Waals surface area contributed by atoms with E-state index in [0.717, 1.165) is 15.6 Å². The average molecular weight is 719 g/mol. The van der Waals surface area contributed by atoms with Crippen molar-refractivity contribution in [2.45, 2.75) is 18.0 Å². The summed E-state index contributed by atoms with van der Waals surface area (Å²) in [5.41, 5.74) is 2.71. The highest BCUT2D eigenvalue weighted by Gasteiger charge is 2.36. The van der Waals surface area contributed by atoms with E-state index in [-0.39, 0.29) is 22.1 Å². The lowest BCUT2D eigenvalue weighted by Gasteiger charge is -2.35. The number of fused-ring (bicyclic) bond motifs is 1. The van der Waals surface area contributed by atoms with Crippen molar-refractivity contribution in [1.82, 2.24) is 23.7 Å². The van der Waals surface area contributed by atoms with Crippen molar-refractivity contribution >= 4 is 32.7 Å². The molecule has 6 rings (SSSR count). The first-order chi connectivity index (χ1) is 24.1. The molecule has 51 heavy (non-hydrogen) atoms. The lowest BCUT2D eigenvalue weighted by atomic mass is 9.99. The summed E-state index contributed by atoms with van der Waals surface area (Å²) in [6.45, 7) is 5.39. The first-order valence-corrected chi connectivity index (χ1v) is 18.1. The van der Waals surface area contributed by atoms with Crippen molar-refractivity contribution in [3.63, 3.8) is 0 Å². The normalized spacial score (nSPS) is 14.4. The maximum absolute atomic E-state index is 14.5. The van der Waals surface area contributed by atoms with Crippen molar-refractivity contribution in [2.75, 3.05) is 72.4 Å². The molecule has 0 N–H and O–H groups in total. The van der Waals surface area contributed by atoms with E-state index in [1.54, 1.807) is 65.4 Å². The Morgan fingerprint density at radius 1 is 0.843 bits per heavy atom. The van der Waals surface area contributed by atoms with E-state index in [0.29, 0.717) is 72.5 Å². The predicted molar refractivity (Wildman–Crippen MR) is 195 cm³/mol. The van der Waals surface area contributed by atoms with Gasteiger partial charge in [-0.15, -0.1) is 0 Å². The number of hydrogen-bond donors (Lipinski definition) is 0. The van der Waals surface area contributed by atoms with E-state index >= 15 is 0 Å². The average Bonchev–Trinajstić information content (AvgIpc) is 3.50. The van der Waals surface area contributed by atoms with Gasteiger partial charge in [0.1, 0.15) is 0 Å². The summed E-state index contributed by atoms with van der Waals surface area (Å²) in [4.78, 5) is 25.2. The molecule has 0 aliphatic carbocycles. The van der Waals surface area contributed by atoms with Gasteiger partial charge in [-0.3, -0.25) is 4.79 Å². The highest BCUT2D eigenvalue weighted by atomic mass is 32.2. The number of pyridine rings is 1. The van der Waals surface area contributed by atoms with Crippen LogP contribution in [0, 0.1) is 6.92 Å². The number of rotatable bonds is 9. The minimum absolute atomic E-state index is 0.0680. The lowest BCUT2D eigenvalue weighted by molar-refractivity contribution is -0.137. The maximum Gasteiger partial charge on any atom is 0.418 e. The number of anilines is 1. The zero-order valence-corrected chi connectivity index (χ0v) is 30.1. The number of piperazine rings is 1. The van der Waals surface area contributed by atoms with E-state index in [2.05, 4.69) is 9.88 Å². The van der Waals surface area contributed by atoms with Gasteiger partial charge in [-0.1, -0.05) is 35.9 Å². The summed E-state index contributed by atoms with van der Waals surface area (Å²) >= 11 is 0. The molecule has 3 aromatic carbocycles. The van der Waals surface area contributed by atoms with Crippen molar-refractivity contribution in [2.24, 2.45) is 0 Å². The van der Waals surface area contributed by atoms with Crippen molar-refractivity contribution in [3.05, 3.63) is 102 Å². The number of aryl methyl sites for hydroxylation is 1. The van der Waals surface area contributed by atoms with Gasteiger partial charge in [0.25, 0.3) is 15.9 Å². The number of halogens is 3. The summed E-state index contributed by atoms with van der Waals surface area (Å²) < 4.78 is 72.6. The van der Waals surface area contributed by atoms with Crippen molar-refractivity contribution in [3.8, 4) is 22.3 Å². The Morgan fingerprint density at radius 3 is 2.12 bits per heavy atom. The van der Waals surface area contributed by atoms with Crippen LogP contribution in [0.2, 0.25) is 0 Å². The van der Waals surface area contributed by atoms with Crippen LogP contribution >= 0.6 is 0 Å². The Hall–Kier alpha value is -4.72. The second-order valence-electron chi connectivity index (χ2n) is 13.4. The molecule has 13 heteroatoms. The summed E-state index contributed by atoms with van der Waals surface area (Å²) in [7, 11) is 3.44. The van der Waals surface area contributed by atoms with Crippen LogP contribution in [0.3, 0.4) is 0 Å². The predicted octanol–water partition coefficient (Wildman–Crippen LogP) is 6.32. The minimum atomic E-state index is -4.59. The Labute approximate surface area is 296 Å². The fourth-order valence-corrected chi connectivity index (χ4v) is 7.53. The summed E-state index contributed by atoms with van der Waals surface area (Å²) in [6, 6.07) is 19.3. The molecule has 0 atom stereocenters. The smallest absolute Gasteiger partial charge is 0.368 e. The van der Waals surface area contributed by atoms with Gasteiger partial charge in [0.15, 0.2) is 5.65 Å². The van der Waals surface area contributed by atoms with Crippen LogP contribution in [-0.2, 0) is 16.2 Å². The SMILES string of the molecule is Cc1ccc(S(=O)(=O)n2cc(-c3ccc(C(=O)N(C)CCN(C)C)cc3)c3cc(-c4ccc(N5CCN(C)CC5)c(C(F)(F)F)c4)cnc32)cc1. The number of hydrogen-bond acceptors (Lipinski definition) is 7. The topological polar surface area (TPSA) is 82.0 Å². The number of likely N-dealkylation sites (N-methyl/N-ethyl adjacent to an activating group) is 3. The highest BCUT2D eigenvalue weighted by Crippen LogP contribution is 2.41. The second kappa shape index (κ2) is 14.1. The van der Waals surface area contributed by atoms with Crippen LogP contribution in [0.4, 0.5) is 18.9 Å². The lowest BCUT2D eigenvalue weighted by Crippen LogP contribution is -2.45. The molecule has 0 unspecified atom stereocenters. The zero-order valence-electron chi connectivity index (χ0n) is 29.3. The number of nitrogens with zero attached hydrogens (tertiary/aromatic N) is 6. The standard InChI is InChI=1S/C38H41F3N6O3S/c1-26-6-13-31(14-7-26)51(49,50)47-25-33(27-8-10-28(11-9-27)37(48)45(5)19-16-43(2)3)32-22-30(24-42-36(32)47)29-12-15-35(34(23-29)38(39,40)41)46-20-17-44(4)18-21-46/h6-15,22-25H,16-21H2,1-5H3. The van der Waals surface area contributed by atoms with E-state index in [1.807, 2.05) is 33.0 Å². The maximum atomic E-state index is 14.5. The summed E-state index contributed by atoms with van der Waals surface area (Å²) in [5, 5.41) is 0.432. The molecule has 9 nitrogen and oxygen atoms in total. The van der Waals surface area contributed by atoms with Gasteiger partial charge < -0.3 is 19.6 Å². The number of benzene rings is 3. The molecule has 5 aromatic rings. The molecule has 1 amide bonds. The Morgan fingerprint density at radius 2 is 1.49 bits per heavy atom. The number of carbonyl (C=O) groups excluding carboxylic acids is 1. The number of alkyl halides is 3. The molecule has 1 aliphatic rings.